The molecule has 3 N–H and O–H groups in total. The van der Waals surface area contributed by atoms with Crippen LogP contribution >= 0.6 is 0 Å². The van der Waals surface area contributed by atoms with E-state index in [-0.39, 0.29) is 29.8 Å². The summed E-state index contributed by atoms with van der Waals surface area (Å²) in [6.45, 7) is 7.78. The van der Waals surface area contributed by atoms with Gasteiger partial charge in [0.25, 0.3) is 0 Å². The summed E-state index contributed by atoms with van der Waals surface area (Å²) in [7, 11) is 0. The van der Waals surface area contributed by atoms with E-state index >= 15 is 0 Å². The number of rotatable bonds is 5. The van der Waals surface area contributed by atoms with Crippen molar-refractivity contribution in [3.05, 3.63) is 23.8 Å². The maximum atomic E-state index is 11.7. The van der Waals surface area contributed by atoms with E-state index in [2.05, 4.69) is 19.9 Å². The molecule has 146 valence electrons. The summed E-state index contributed by atoms with van der Waals surface area (Å²) in [6.07, 6.45) is 8.79. The van der Waals surface area contributed by atoms with Crippen molar-refractivity contribution >= 4 is 5.97 Å². The van der Waals surface area contributed by atoms with Gasteiger partial charge < -0.3 is 20.1 Å². The number of hydrogen-bond acceptors (Lipinski definition) is 5. The molecule has 2 fully saturated rings. The number of carbonyl (C=O) groups excluding carboxylic acids is 1. The number of aliphatic hydroxyl groups is 3. The van der Waals surface area contributed by atoms with Crippen LogP contribution in [-0.2, 0) is 9.53 Å². The van der Waals surface area contributed by atoms with Crippen molar-refractivity contribution in [3.63, 3.8) is 0 Å². The third kappa shape index (κ3) is 3.14. The van der Waals surface area contributed by atoms with Crippen molar-refractivity contribution in [1.82, 2.24) is 0 Å². The molecule has 0 amide bonds. The lowest BCUT2D eigenvalue weighted by Gasteiger charge is -2.47. The number of fused-ring (bicyclic) bond motifs is 3. The molecule has 5 nitrogen and oxygen atoms in total. The van der Waals surface area contributed by atoms with Crippen LogP contribution in [0.2, 0.25) is 0 Å². The Kier molecular flexibility index (Phi) is 4.87. The van der Waals surface area contributed by atoms with E-state index in [1.54, 1.807) is 13.8 Å². The summed E-state index contributed by atoms with van der Waals surface area (Å²) in [5.74, 6) is -1.25. The molecule has 0 spiro atoms. The number of hydrogen-bond donors (Lipinski definition) is 3. The first kappa shape index (κ1) is 19.6. The van der Waals surface area contributed by atoms with E-state index in [9.17, 15) is 20.1 Å². The summed E-state index contributed by atoms with van der Waals surface area (Å²) in [5, 5.41) is 30.4. The highest BCUT2D eigenvalue weighted by atomic mass is 16.7. The number of allylic oxidation sites excluding steroid dienone is 1. The van der Waals surface area contributed by atoms with Crippen LogP contribution in [-0.4, -0.2) is 39.3 Å². The Morgan fingerprint density at radius 2 is 2.04 bits per heavy atom. The van der Waals surface area contributed by atoms with E-state index < -0.39 is 17.4 Å². The van der Waals surface area contributed by atoms with Gasteiger partial charge in [0.15, 0.2) is 0 Å². The minimum atomic E-state index is -1.39. The second-order valence-corrected chi connectivity index (χ2v) is 9.23. The molecule has 1 aliphatic heterocycles. The van der Waals surface area contributed by atoms with Gasteiger partial charge in [-0.1, -0.05) is 26.0 Å². The van der Waals surface area contributed by atoms with Gasteiger partial charge in [0.05, 0.1) is 12.2 Å². The van der Waals surface area contributed by atoms with Crippen LogP contribution in [0.1, 0.15) is 53.4 Å². The number of esters is 1. The molecule has 0 aromatic carbocycles. The molecule has 1 heterocycles. The van der Waals surface area contributed by atoms with Gasteiger partial charge in [-0.25, -0.2) is 4.79 Å². The number of ether oxygens (including phenoxy) is 1. The molecule has 2 saturated carbocycles. The minimum Gasteiger partial charge on any atom is -0.426 e. The quantitative estimate of drug-likeness (QED) is 0.515. The standard InChI is InChI=1S/C21H32O5/c1-13(5-6-14(12-22)19(2,3)24)15-7-8-16-17-11-18(23)26-21(17,25)10-9-20(15,16)4/h5-6,11,13-16,22,24-25H,7-10,12H2,1-4H3/b6-5-/t13-,14-,15-,16+,20-,21+/m1/s1. The second-order valence-electron chi connectivity index (χ2n) is 9.23. The highest BCUT2D eigenvalue weighted by Gasteiger charge is 2.59. The Morgan fingerprint density at radius 3 is 2.65 bits per heavy atom. The maximum absolute atomic E-state index is 11.7. The highest BCUT2D eigenvalue weighted by Crippen LogP contribution is 2.62. The Hall–Kier alpha value is -1.17. The van der Waals surface area contributed by atoms with E-state index in [0.717, 1.165) is 24.8 Å². The largest absolute Gasteiger partial charge is 0.426 e. The van der Waals surface area contributed by atoms with Crippen molar-refractivity contribution in [2.24, 2.45) is 29.1 Å². The van der Waals surface area contributed by atoms with Gasteiger partial charge in [-0.15, -0.1) is 0 Å². The van der Waals surface area contributed by atoms with Crippen LogP contribution in [0.5, 0.6) is 0 Å². The Bertz CT molecular complexity index is 631. The van der Waals surface area contributed by atoms with Gasteiger partial charge in [0, 0.05) is 24.0 Å². The van der Waals surface area contributed by atoms with Crippen LogP contribution in [0.4, 0.5) is 0 Å². The van der Waals surface area contributed by atoms with Crippen molar-refractivity contribution < 1.29 is 24.9 Å². The summed E-state index contributed by atoms with van der Waals surface area (Å²) in [4.78, 5) is 11.7. The van der Waals surface area contributed by atoms with Crippen LogP contribution in [0.3, 0.4) is 0 Å². The average molecular weight is 364 g/mol. The molecule has 3 aliphatic rings. The van der Waals surface area contributed by atoms with Gasteiger partial charge in [0.2, 0.25) is 5.79 Å². The normalized spacial score (nSPS) is 39.3. The fourth-order valence-electron chi connectivity index (χ4n) is 5.46. The summed E-state index contributed by atoms with van der Waals surface area (Å²) in [6, 6.07) is 0. The molecule has 0 radical (unpaired) electrons. The Balaban J connectivity index is 1.79. The smallest absolute Gasteiger partial charge is 0.333 e. The topological polar surface area (TPSA) is 87.0 Å². The van der Waals surface area contributed by atoms with Crippen molar-refractivity contribution in [1.29, 1.82) is 0 Å². The molecule has 0 bridgehead atoms. The third-order valence-corrected chi connectivity index (χ3v) is 7.17. The third-order valence-electron chi connectivity index (χ3n) is 7.17. The molecule has 5 heteroatoms. The SMILES string of the molecule is C[C@H](/C=C\[C@H](CO)C(C)(C)O)[C@H]1CC[C@H]2C3=CC(=O)O[C@@]3(O)CC[C@]12C. The lowest BCUT2D eigenvalue weighted by molar-refractivity contribution is -0.196. The molecule has 6 atom stereocenters. The fraction of sp³-hybridized carbons (Fsp3) is 0.762. The van der Waals surface area contributed by atoms with Gasteiger partial charge in [-0.05, 0) is 56.3 Å². The van der Waals surface area contributed by atoms with Gasteiger partial charge in [-0.2, -0.15) is 0 Å². The number of aliphatic hydroxyl groups excluding tert-OH is 1. The number of carbonyl (C=O) groups is 1. The van der Waals surface area contributed by atoms with Crippen LogP contribution in [0.25, 0.3) is 0 Å². The van der Waals surface area contributed by atoms with Crippen molar-refractivity contribution in [3.8, 4) is 0 Å². The fourth-order valence-corrected chi connectivity index (χ4v) is 5.46. The molecular formula is C21H32O5. The molecule has 0 aromatic heterocycles. The van der Waals surface area contributed by atoms with Crippen molar-refractivity contribution in [2.75, 3.05) is 6.61 Å². The van der Waals surface area contributed by atoms with Crippen LogP contribution < -0.4 is 0 Å². The predicted octanol–water partition coefficient (Wildman–Crippen LogP) is 2.56. The minimum absolute atomic E-state index is 0.0131. The lowest BCUT2D eigenvalue weighted by Crippen LogP contribution is -2.46. The van der Waals surface area contributed by atoms with Crippen molar-refractivity contribution in [2.45, 2.75) is 64.8 Å². The zero-order valence-corrected chi connectivity index (χ0v) is 16.2. The van der Waals surface area contributed by atoms with E-state index in [1.165, 1.54) is 6.08 Å². The highest BCUT2D eigenvalue weighted by molar-refractivity contribution is 5.86. The molecule has 0 unspecified atom stereocenters. The predicted molar refractivity (Wildman–Crippen MR) is 97.9 cm³/mol. The maximum Gasteiger partial charge on any atom is 0.333 e. The molecule has 26 heavy (non-hydrogen) atoms. The first-order valence-electron chi connectivity index (χ1n) is 9.70. The van der Waals surface area contributed by atoms with Crippen LogP contribution in [0.15, 0.2) is 23.8 Å². The first-order chi connectivity index (χ1) is 12.0. The molecule has 3 rings (SSSR count). The summed E-state index contributed by atoms with van der Waals surface area (Å²) in [5.41, 5.74) is -0.181. The van der Waals surface area contributed by atoms with E-state index in [1.807, 2.05) is 6.08 Å². The first-order valence-corrected chi connectivity index (χ1v) is 9.70. The van der Waals surface area contributed by atoms with Gasteiger partial charge >= 0.3 is 5.97 Å². The Morgan fingerprint density at radius 1 is 1.35 bits per heavy atom. The molecule has 0 aromatic rings. The lowest BCUT2D eigenvalue weighted by atomic mass is 9.60. The summed E-state index contributed by atoms with van der Waals surface area (Å²) < 4.78 is 5.19. The van der Waals surface area contributed by atoms with Gasteiger partial charge in [0.1, 0.15) is 0 Å². The van der Waals surface area contributed by atoms with E-state index in [4.69, 9.17) is 4.74 Å². The summed E-state index contributed by atoms with van der Waals surface area (Å²) >= 11 is 0. The van der Waals surface area contributed by atoms with Crippen LogP contribution in [0, 0.1) is 29.1 Å². The average Bonchev–Trinajstić information content (AvgIpc) is 3.02. The molecule has 0 saturated heterocycles. The zero-order chi connectivity index (χ0) is 19.3. The second kappa shape index (κ2) is 6.47. The molecule has 2 aliphatic carbocycles. The van der Waals surface area contributed by atoms with Gasteiger partial charge in [-0.3, -0.25) is 0 Å². The Labute approximate surface area is 155 Å². The zero-order valence-electron chi connectivity index (χ0n) is 16.2. The molecular weight excluding hydrogens is 332 g/mol. The van der Waals surface area contributed by atoms with E-state index in [0.29, 0.717) is 12.3 Å². The monoisotopic (exact) mass is 364 g/mol.